The first-order valence-corrected chi connectivity index (χ1v) is 8.00. The molecule has 4 rings (SSSR count). The highest BCUT2D eigenvalue weighted by Gasteiger charge is 2.39. The van der Waals surface area contributed by atoms with Crippen LogP contribution in [-0.2, 0) is 9.57 Å². The van der Waals surface area contributed by atoms with E-state index >= 15 is 0 Å². The van der Waals surface area contributed by atoms with Crippen molar-refractivity contribution in [3.8, 4) is 0 Å². The van der Waals surface area contributed by atoms with Crippen LogP contribution in [0.5, 0.6) is 0 Å². The Bertz CT molecular complexity index is 859. The number of amides is 2. The molecule has 2 aliphatic heterocycles. The Balaban J connectivity index is 1.52. The third-order valence-electron chi connectivity index (χ3n) is 4.13. The zero-order valence-electron chi connectivity index (χ0n) is 13.6. The number of anilines is 1. The number of carbonyl (C=O) groups is 3. The van der Waals surface area contributed by atoms with Gasteiger partial charge in [-0.05, 0) is 12.1 Å². The van der Waals surface area contributed by atoms with Gasteiger partial charge >= 0.3 is 5.97 Å². The maximum Gasteiger partial charge on any atom is 0.382 e. The summed E-state index contributed by atoms with van der Waals surface area (Å²) >= 11 is 0. The van der Waals surface area contributed by atoms with E-state index in [1.807, 2.05) is 4.90 Å². The lowest BCUT2D eigenvalue weighted by Gasteiger charge is -2.27. The van der Waals surface area contributed by atoms with E-state index in [1.54, 1.807) is 12.1 Å². The highest BCUT2D eigenvalue weighted by Crippen LogP contribution is 2.23. The number of hydroxylamine groups is 2. The van der Waals surface area contributed by atoms with E-state index in [0.29, 0.717) is 37.2 Å². The van der Waals surface area contributed by atoms with Gasteiger partial charge in [-0.15, -0.1) is 0 Å². The molecule has 0 N–H and O–H groups in total. The first-order chi connectivity index (χ1) is 12.6. The topological polar surface area (TPSA) is 102 Å². The van der Waals surface area contributed by atoms with Crippen molar-refractivity contribution in [3.05, 3.63) is 53.5 Å². The molecular weight excluding hydrogens is 340 g/mol. The molecule has 0 spiro atoms. The van der Waals surface area contributed by atoms with Crippen molar-refractivity contribution in [1.82, 2.24) is 15.0 Å². The predicted molar refractivity (Wildman–Crippen MR) is 87.4 cm³/mol. The van der Waals surface area contributed by atoms with Crippen molar-refractivity contribution in [3.63, 3.8) is 0 Å². The highest BCUT2D eigenvalue weighted by atomic mass is 16.7. The molecule has 132 valence electrons. The Morgan fingerprint density at radius 1 is 1.04 bits per heavy atom. The standard InChI is InChI=1S/C17H14N4O5/c22-15-11-3-1-2-4-12(11)16(23)21(15)26-17(24)13-9-14(19-10-18-13)20-5-7-25-8-6-20/h1-4,9-10H,5-8H2. The van der Waals surface area contributed by atoms with Gasteiger partial charge in [-0.3, -0.25) is 9.59 Å². The molecule has 2 amide bonds. The van der Waals surface area contributed by atoms with Crippen molar-refractivity contribution in [2.45, 2.75) is 0 Å². The van der Waals surface area contributed by atoms with Crippen LogP contribution in [0.2, 0.25) is 0 Å². The smallest absolute Gasteiger partial charge is 0.378 e. The number of rotatable bonds is 3. The lowest BCUT2D eigenvalue weighted by Crippen LogP contribution is -2.37. The van der Waals surface area contributed by atoms with Crippen LogP contribution < -0.4 is 4.90 Å². The van der Waals surface area contributed by atoms with Crippen LogP contribution in [0.1, 0.15) is 31.2 Å². The molecule has 0 saturated carbocycles. The van der Waals surface area contributed by atoms with Gasteiger partial charge in [-0.25, -0.2) is 14.8 Å². The lowest BCUT2D eigenvalue weighted by molar-refractivity contribution is -0.0588. The Morgan fingerprint density at radius 2 is 1.69 bits per heavy atom. The first-order valence-electron chi connectivity index (χ1n) is 8.00. The first kappa shape index (κ1) is 16.2. The summed E-state index contributed by atoms with van der Waals surface area (Å²) in [7, 11) is 0. The van der Waals surface area contributed by atoms with Gasteiger partial charge in [-0.1, -0.05) is 17.2 Å². The number of hydrogen-bond donors (Lipinski definition) is 0. The monoisotopic (exact) mass is 354 g/mol. The van der Waals surface area contributed by atoms with Crippen LogP contribution in [-0.4, -0.2) is 59.1 Å². The Morgan fingerprint density at radius 3 is 2.35 bits per heavy atom. The zero-order valence-corrected chi connectivity index (χ0v) is 13.6. The molecular formula is C17H14N4O5. The minimum Gasteiger partial charge on any atom is -0.378 e. The van der Waals surface area contributed by atoms with Gasteiger partial charge in [-0.2, -0.15) is 0 Å². The molecule has 0 aliphatic carbocycles. The van der Waals surface area contributed by atoms with Crippen LogP contribution >= 0.6 is 0 Å². The molecule has 0 unspecified atom stereocenters. The number of carbonyl (C=O) groups excluding carboxylic acids is 3. The summed E-state index contributed by atoms with van der Waals surface area (Å²) in [6, 6.07) is 7.74. The number of aromatic nitrogens is 2. The van der Waals surface area contributed by atoms with Gasteiger partial charge in [0.1, 0.15) is 12.1 Å². The molecule has 0 atom stereocenters. The molecule has 26 heavy (non-hydrogen) atoms. The Labute approximate surface area is 148 Å². The molecule has 9 heteroatoms. The van der Waals surface area contributed by atoms with E-state index < -0.39 is 17.8 Å². The Hall–Kier alpha value is -3.33. The Kier molecular flexibility index (Phi) is 4.05. The number of benzene rings is 1. The highest BCUT2D eigenvalue weighted by molar-refractivity contribution is 6.21. The minimum atomic E-state index is -0.906. The van der Waals surface area contributed by atoms with E-state index in [0.717, 1.165) is 0 Å². The maximum absolute atomic E-state index is 12.4. The fraction of sp³-hybridized carbons (Fsp3) is 0.235. The number of nitrogens with zero attached hydrogens (tertiary/aromatic N) is 4. The van der Waals surface area contributed by atoms with Crippen molar-refractivity contribution >= 4 is 23.6 Å². The van der Waals surface area contributed by atoms with E-state index in [9.17, 15) is 14.4 Å². The second-order valence-electron chi connectivity index (χ2n) is 5.69. The maximum atomic E-state index is 12.4. The quantitative estimate of drug-likeness (QED) is 0.742. The molecule has 1 aromatic carbocycles. The fourth-order valence-electron chi connectivity index (χ4n) is 2.80. The molecule has 2 aliphatic rings. The molecule has 1 fully saturated rings. The molecule has 0 bridgehead atoms. The van der Waals surface area contributed by atoms with E-state index in [4.69, 9.17) is 9.57 Å². The average Bonchev–Trinajstić information content (AvgIpc) is 2.94. The number of fused-ring (bicyclic) bond motifs is 1. The summed E-state index contributed by atoms with van der Waals surface area (Å²) < 4.78 is 5.28. The van der Waals surface area contributed by atoms with Gasteiger partial charge < -0.3 is 14.5 Å². The summed E-state index contributed by atoms with van der Waals surface area (Å²) in [6.07, 6.45) is 1.24. The summed E-state index contributed by atoms with van der Waals surface area (Å²) in [4.78, 5) is 51.9. The van der Waals surface area contributed by atoms with Crippen LogP contribution in [0.25, 0.3) is 0 Å². The number of hydrogen-bond acceptors (Lipinski definition) is 8. The van der Waals surface area contributed by atoms with Crippen LogP contribution in [0.4, 0.5) is 5.82 Å². The summed E-state index contributed by atoms with van der Waals surface area (Å²) in [5, 5.41) is 0.462. The predicted octanol–water partition coefficient (Wildman–Crippen LogP) is 0.681. The second-order valence-corrected chi connectivity index (χ2v) is 5.69. The van der Waals surface area contributed by atoms with Gasteiger partial charge in [0.05, 0.1) is 24.3 Å². The van der Waals surface area contributed by atoms with Crippen LogP contribution in [0, 0.1) is 0 Å². The molecule has 9 nitrogen and oxygen atoms in total. The minimum absolute atomic E-state index is 0.0435. The van der Waals surface area contributed by atoms with Gasteiger partial charge in [0.25, 0.3) is 11.8 Å². The fourth-order valence-corrected chi connectivity index (χ4v) is 2.80. The van der Waals surface area contributed by atoms with Gasteiger partial charge in [0.2, 0.25) is 0 Å². The van der Waals surface area contributed by atoms with Crippen molar-refractivity contribution in [2.75, 3.05) is 31.2 Å². The van der Waals surface area contributed by atoms with Gasteiger partial charge in [0.15, 0.2) is 5.69 Å². The van der Waals surface area contributed by atoms with Crippen molar-refractivity contribution < 1.29 is 24.0 Å². The van der Waals surface area contributed by atoms with Crippen molar-refractivity contribution in [1.29, 1.82) is 0 Å². The number of ether oxygens (including phenoxy) is 1. The van der Waals surface area contributed by atoms with E-state index in [2.05, 4.69) is 9.97 Å². The molecule has 0 radical (unpaired) electrons. The number of morpholine rings is 1. The normalized spacial score (nSPS) is 16.6. The zero-order chi connectivity index (χ0) is 18.1. The molecule has 3 heterocycles. The SMILES string of the molecule is O=C(ON1C(=O)c2ccccc2C1=O)c1cc(N2CCOCC2)ncn1. The molecule has 1 saturated heterocycles. The van der Waals surface area contributed by atoms with Crippen molar-refractivity contribution in [2.24, 2.45) is 0 Å². The summed E-state index contributed by atoms with van der Waals surface area (Å²) in [5.74, 6) is -1.71. The molecule has 2 aromatic rings. The van der Waals surface area contributed by atoms with E-state index in [-0.39, 0.29) is 16.8 Å². The lowest BCUT2D eigenvalue weighted by atomic mass is 10.1. The van der Waals surface area contributed by atoms with Crippen LogP contribution in [0.3, 0.4) is 0 Å². The largest absolute Gasteiger partial charge is 0.382 e. The van der Waals surface area contributed by atoms with Crippen LogP contribution in [0.15, 0.2) is 36.7 Å². The number of imide groups is 1. The third-order valence-corrected chi connectivity index (χ3v) is 4.13. The second kappa shape index (κ2) is 6.52. The summed E-state index contributed by atoms with van der Waals surface area (Å²) in [6.45, 7) is 2.42. The van der Waals surface area contributed by atoms with Gasteiger partial charge in [0, 0.05) is 19.2 Å². The summed E-state index contributed by atoms with van der Waals surface area (Å²) in [5.41, 5.74) is 0.349. The third kappa shape index (κ3) is 2.78. The average molecular weight is 354 g/mol. The molecule has 1 aromatic heterocycles. The van der Waals surface area contributed by atoms with E-state index in [1.165, 1.54) is 24.5 Å².